The quantitative estimate of drug-likeness (QED) is 0.584. The Hall–Kier alpha value is -0.870. The molecule has 2 aliphatic heterocycles. The number of aromatic nitrogens is 2. The summed E-state index contributed by atoms with van der Waals surface area (Å²) < 4.78 is 7.77. The van der Waals surface area contributed by atoms with Crippen molar-refractivity contribution < 1.29 is 9.84 Å². The predicted molar refractivity (Wildman–Crippen MR) is 75.3 cm³/mol. The molecule has 0 spiro atoms. The lowest BCUT2D eigenvalue weighted by Crippen LogP contribution is -2.37. The van der Waals surface area contributed by atoms with Crippen LogP contribution in [0.4, 0.5) is 17.3 Å². The van der Waals surface area contributed by atoms with Crippen LogP contribution in [0.3, 0.4) is 0 Å². The third-order valence-electron chi connectivity index (χ3n) is 3.26. The molecule has 0 amide bonds. The van der Waals surface area contributed by atoms with Gasteiger partial charge in [0.2, 0.25) is 0 Å². The summed E-state index contributed by atoms with van der Waals surface area (Å²) in [4.78, 5) is 10.4. The highest BCUT2D eigenvalue weighted by molar-refractivity contribution is 14.1. The van der Waals surface area contributed by atoms with E-state index in [2.05, 4.69) is 37.7 Å². The van der Waals surface area contributed by atoms with Crippen LogP contribution in [0, 0.1) is 0 Å². The van der Waals surface area contributed by atoms with Gasteiger partial charge in [0, 0.05) is 0 Å². The number of rotatable bonds is 2. The Bertz CT molecular complexity index is 460. The molecule has 1 aromatic heterocycles. The van der Waals surface area contributed by atoms with Crippen molar-refractivity contribution in [3.8, 4) is 0 Å². The third-order valence-corrected chi connectivity index (χ3v) is 4.05. The number of aliphatic hydroxyl groups excluding tert-OH is 1. The molecule has 0 unspecified atom stereocenters. The number of fused-ring (bicyclic) bond motifs is 1. The van der Waals surface area contributed by atoms with Crippen LogP contribution < -0.4 is 13.7 Å². The number of nitrogen functional groups attached to an aromatic ring is 1. The van der Waals surface area contributed by atoms with Crippen LogP contribution in [0.15, 0.2) is 6.33 Å². The van der Waals surface area contributed by atoms with Gasteiger partial charge in [-0.25, -0.2) is 9.97 Å². The lowest BCUT2D eigenvalue weighted by molar-refractivity contribution is 0.0113. The van der Waals surface area contributed by atoms with E-state index >= 15 is 0 Å². The Morgan fingerprint density at radius 1 is 1.50 bits per heavy atom. The van der Waals surface area contributed by atoms with E-state index in [-0.39, 0.29) is 18.9 Å². The normalized spacial score (nSPS) is 26.8. The average Bonchev–Trinajstić information content (AvgIpc) is 2.94. The number of nitrogens with two attached hydrogens (primary N) is 1. The van der Waals surface area contributed by atoms with Crippen LogP contribution in [-0.2, 0) is 4.74 Å². The van der Waals surface area contributed by atoms with Crippen molar-refractivity contribution in [2.24, 2.45) is 0 Å². The minimum Gasteiger partial charge on any atom is -0.394 e. The second-order valence-electron chi connectivity index (χ2n) is 4.38. The molecule has 0 aliphatic carbocycles. The lowest BCUT2D eigenvalue weighted by atomic mass is 10.2. The zero-order chi connectivity index (χ0) is 12.7. The zero-order valence-electron chi connectivity index (χ0n) is 9.66. The Labute approximate surface area is 118 Å². The van der Waals surface area contributed by atoms with Crippen molar-refractivity contribution in [3.63, 3.8) is 0 Å². The van der Waals surface area contributed by atoms with E-state index in [0.717, 1.165) is 24.3 Å². The van der Waals surface area contributed by atoms with Crippen LogP contribution in [0.1, 0.15) is 12.8 Å². The molecule has 3 N–H and O–H groups in total. The molecule has 8 heteroatoms. The molecular weight excluding hydrogens is 349 g/mol. The van der Waals surface area contributed by atoms with Crippen LogP contribution in [0.25, 0.3) is 0 Å². The molecular formula is C10H14IN5O2. The molecule has 0 radical (unpaired) electrons. The Balaban J connectivity index is 1.87. The van der Waals surface area contributed by atoms with Gasteiger partial charge in [0.25, 0.3) is 0 Å². The number of nitrogens with zero attached hydrogens (tertiary/aromatic N) is 4. The van der Waals surface area contributed by atoms with Gasteiger partial charge in [-0.05, 0) is 12.8 Å². The average molecular weight is 363 g/mol. The first-order chi connectivity index (χ1) is 8.70. The second-order valence-corrected chi connectivity index (χ2v) is 5.54. The fraction of sp³-hybridized carbons (Fsp3) is 0.600. The molecule has 0 aromatic carbocycles. The van der Waals surface area contributed by atoms with Gasteiger partial charge in [-0.15, -0.1) is 0 Å². The van der Waals surface area contributed by atoms with E-state index in [9.17, 15) is 0 Å². The van der Waals surface area contributed by atoms with E-state index in [1.165, 1.54) is 6.33 Å². The van der Waals surface area contributed by atoms with Gasteiger partial charge >= 0.3 is 0 Å². The Morgan fingerprint density at radius 2 is 2.33 bits per heavy atom. The summed E-state index contributed by atoms with van der Waals surface area (Å²) in [6, 6.07) is 0. The highest BCUT2D eigenvalue weighted by atomic mass is 127. The molecule has 2 atom stereocenters. The number of hydrogen-bond donors (Lipinski definition) is 2. The minimum absolute atomic E-state index is 0.0463. The fourth-order valence-corrected chi connectivity index (χ4v) is 3.17. The topological polar surface area (TPSA) is 87.7 Å². The van der Waals surface area contributed by atoms with Crippen molar-refractivity contribution in [3.05, 3.63) is 6.33 Å². The number of aliphatic hydroxyl groups is 1. The van der Waals surface area contributed by atoms with Crippen molar-refractivity contribution in [1.29, 1.82) is 0 Å². The first kappa shape index (κ1) is 12.2. The van der Waals surface area contributed by atoms with Crippen LogP contribution in [0.5, 0.6) is 0 Å². The monoisotopic (exact) mass is 363 g/mol. The maximum Gasteiger partial charge on any atom is 0.162 e. The summed E-state index contributed by atoms with van der Waals surface area (Å²) >= 11 is 2.19. The Morgan fingerprint density at radius 3 is 3.06 bits per heavy atom. The van der Waals surface area contributed by atoms with Crippen LogP contribution in [0.2, 0.25) is 0 Å². The van der Waals surface area contributed by atoms with Gasteiger partial charge in [-0.2, -0.15) is 0 Å². The first-order valence-electron chi connectivity index (χ1n) is 5.77. The largest absolute Gasteiger partial charge is 0.394 e. The highest BCUT2D eigenvalue weighted by Gasteiger charge is 2.37. The van der Waals surface area contributed by atoms with E-state index in [1.807, 2.05) is 3.11 Å². The minimum atomic E-state index is -0.0686. The van der Waals surface area contributed by atoms with Gasteiger partial charge < -0.3 is 20.5 Å². The maximum absolute atomic E-state index is 9.12. The smallest absolute Gasteiger partial charge is 0.162 e. The van der Waals surface area contributed by atoms with E-state index in [0.29, 0.717) is 12.5 Å². The van der Waals surface area contributed by atoms with Crippen LogP contribution in [-0.4, -0.2) is 40.7 Å². The molecule has 7 nitrogen and oxygen atoms in total. The summed E-state index contributed by atoms with van der Waals surface area (Å²) in [5.41, 5.74) is 6.71. The second kappa shape index (κ2) is 4.67. The molecule has 2 aliphatic rings. The molecule has 3 rings (SSSR count). The van der Waals surface area contributed by atoms with Gasteiger partial charge in [0.15, 0.2) is 11.6 Å². The zero-order valence-corrected chi connectivity index (χ0v) is 11.8. The summed E-state index contributed by atoms with van der Waals surface area (Å²) in [5, 5.41) is 9.12. The third kappa shape index (κ3) is 1.88. The maximum atomic E-state index is 9.12. The van der Waals surface area contributed by atoms with Crippen molar-refractivity contribution in [1.82, 2.24) is 9.97 Å². The number of hydrogen-bond acceptors (Lipinski definition) is 7. The van der Waals surface area contributed by atoms with Gasteiger partial charge in [0.1, 0.15) is 24.9 Å². The van der Waals surface area contributed by atoms with Gasteiger partial charge in [-0.1, -0.05) is 0 Å². The van der Waals surface area contributed by atoms with Crippen molar-refractivity contribution in [2.45, 2.75) is 25.2 Å². The first-order valence-corrected chi connectivity index (χ1v) is 6.74. The number of ether oxygens (including phenoxy) is 1. The standard InChI is InChI=1S/C10H14IN5O2/c11-16-5-15(7-2-1-6(3-17)18-7)10-8(16)9(12)13-4-14-10/h4,6-7,17H,1-3,5H2,(H2,12,13,14)/t6-,7+/m0/s1. The predicted octanol–water partition coefficient (Wildman–Crippen LogP) is 0.490. The summed E-state index contributed by atoms with van der Waals surface area (Å²) in [6.45, 7) is 0.735. The molecule has 1 saturated heterocycles. The SMILES string of the molecule is Nc1ncnc2c1N(I)CN2[C@H]1CC[C@@H](CO)O1. The van der Waals surface area contributed by atoms with E-state index in [4.69, 9.17) is 15.6 Å². The molecule has 1 fully saturated rings. The fourth-order valence-electron chi connectivity index (χ4n) is 2.37. The number of halogens is 1. The van der Waals surface area contributed by atoms with E-state index < -0.39 is 0 Å². The number of anilines is 3. The van der Waals surface area contributed by atoms with Gasteiger partial charge in [-0.3, -0.25) is 3.11 Å². The summed E-state index contributed by atoms with van der Waals surface area (Å²) in [6.07, 6.45) is 3.11. The van der Waals surface area contributed by atoms with Crippen LogP contribution >= 0.6 is 22.9 Å². The molecule has 0 saturated carbocycles. The van der Waals surface area contributed by atoms with Crippen molar-refractivity contribution >= 4 is 40.2 Å². The van der Waals surface area contributed by atoms with E-state index in [1.54, 1.807) is 0 Å². The lowest BCUT2D eigenvalue weighted by Gasteiger charge is -2.25. The van der Waals surface area contributed by atoms with Gasteiger partial charge in [0.05, 0.1) is 35.6 Å². The Kier molecular flexibility index (Phi) is 3.16. The summed E-state index contributed by atoms with van der Waals surface area (Å²) in [7, 11) is 0. The molecule has 3 heterocycles. The molecule has 98 valence electrons. The molecule has 18 heavy (non-hydrogen) atoms. The highest BCUT2D eigenvalue weighted by Crippen LogP contribution is 2.42. The van der Waals surface area contributed by atoms with Crippen molar-refractivity contribution in [2.75, 3.05) is 27.0 Å². The molecule has 0 bridgehead atoms. The molecule has 1 aromatic rings. The summed E-state index contributed by atoms with van der Waals surface area (Å²) in [5.74, 6) is 1.29.